The summed E-state index contributed by atoms with van der Waals surface area (Å²) in [5.74, 6) is 5.69. The standard InChI is InChI=1S/C16H28O2/c1-3-5-6-7-8-9-10-11-12-13-14-15-16(17)18-4-2/h3-12,15H2,1-2H3. The van der Waals surface area contributed by atoms with E-state index in [0.29, 0.717) is 6.61 Å². The molecule has 0 amide bonds. The van der Waals surface area contributed by atoms with E-state index in [4.69, 9.17) is 4.74 Å². The fourth-order valence-electron chi connectivity index (χ4n) is 1.78. The van der Waals surface area contributed by atoms with Crippen LogP contribution < -0.4 is 0 Å². The molecule has 0 fully saturated rings. The van der Waals surface area contributed by atoms with E-state index in [1.807, 2.05) is 6.92 Å². The SMILES string of the molecule is CCCCCCCCCCC#CCC(=O)OCC. The second-order valence-electron chi connectivity index (χ2n) is 4.56. The van der Waals surface area contributed by atoms with Gasteiger partial charge >= 0.3 is 5.97 Å². The van der Waals surface area contributed by atoms with Crippen LogP contribution in [0, 0.1) is 11.8 Å². The fourth-order valence-corrected chi connectivity index (χ4v) is 1.78. The summed E-state index contributed by atoms with van der Waals surface area (Å²) in [5.41, 5.74) is 0. The molecule has 2 heteroatoms. The summed E-state index contributed by atoms with van der Waals surface area (Å²) in [4.78, 5) is 11.0. The number of rotatable bonds is 10. The van der Waals surface area contributed by atoms with Gasteiger partial charge in [0.25, 0.3) is 0 Å². The van der Waals surface area contributed by atoms with Gasteiger partial charge in [-0.3, -0.25) is 4.79 Å². The minimum absolute atomic E-state index is 0.207. The van der Waals surface area contributed by atoms with Crippen molar-refractivity contribution in [3.63, 3.8) is 0 Å². The monoisotopic (exact) mass is 252 g/mol. The number of hydrogen-bond donors (Lipinski definition) is 0. The zero-order chi connectivity index (χ0) is 13.5. The molecule has 0 aromatic rings. The number of carbonyl (C=O) groups is 1. The summed E-state index contributed by atoms with van der Waals surface area (Å²) in [7, 11) is 0. The third-order valence-electron chi connectivity index (χ3n) is 2.82. The maximum Gasteiger partial charge on any atom is 0.317 e. The smallest absolute Gasteiger partial charge is 0.317 e. The molecule has 0 saturated heterocycles. The van der Waals surface area contributed by atoms with Crippen molar-refractivity contribution < 1.29 is 9.53 Å². The van der Waals surface area contributed by atoms with Crippen molar-refractivity contribution in [1.82, 2.24) is 0 Å². The van der Waals surface area contributed by atoms with Gasteiger partial charge in [-0.15, -0.1) is 5.92 Å². The molecule has 0 aromatic carbocycles. The van der Waals surface area contributed by atoms with Crippen molar-refractivity contribution in [1.29, 1.82) is 0 Å². The second-order valence-corrected chi connectivity index (χ2v) is 4.56. The number of esters is 1. The van der Waals surface area contributed by atoms with Crippen LogP contribution in [0.3, 0.4) is 0 Å². The van der Waals surface area contributed by atoms with Gasteiger partial charge in [0.15, 0.2) is 0 Å². The Kier molecular flexibility index (Phi) is 13.3. The molecule has 0 spiro atoms. The molecule has 0 radical (unpaired) electrons. The average molecular weight is 252 g/mol. The lowest BCUT2D eigenvalue weighted by molar-refractivity contribution is -0.141. The predicted octanol–water partition coefficient (Wildman–Crippen LogP) is 4.47. The van der Waals surface area contributed by atoms with Crippen LogP contribution in [0.15, 0.2) is 0 Å². The van der Waals surface area contributed by atoms with E-state index in [-0.39, 0.29) is 12.4 Å². The molecule has 104 valence electrons. The maximum absolute atomic E-state index is 11.0. The molecule has 0 unspecified atom stereocenters. The number of carbonyl (C=O) groups excluding carboxylic acids is 1. The largest absolute Gasteiger partial charge is 0.465 e. The normalized spacial score (nSPS) is 9.67. The van der Waals surface area contributed by atoms with Gasteiger partial charge in [0.1, 0.15) is 6.42 Å². The zero-order valence-electron chi connectivity index (χ0n) is 12.1. The second kappa shape index (κ2) is 14.1. The fraction of sp³-hybridized carbons (Fsp3) is 0.812. The molecule has 0 aliphatic rings. The minimum Gasteiger partial charge on any atom is -0.465 e. The van der Waals surface area contributed by atoms with E-state index < -0.39 is 0 Å². The van der Waals surface area contributed by atoms with Crippen LogP contribution in [-0.2, 0) is 9.53 Å². The molecule has 2 nitrogen and oxygen atoms in total. The first-order valence-corrected chi connectivity index (χ1v) is 7.42. The van der Waals surface area contributed by atoms with E-state index in [0.717, 1.165) is 12.8 Å². The highest BCUT2D eigenvalue weighted by molar-refractivity contribution is 5.72. The van der Waals surface area contributed by atoms with Gasteiger partial charge in [-0.2, -0.15) is 0 Å². The van der Waals surface area contributed by atoms with Crippen molar-refractivity contribution in [2.45, 2.75) is 78.1 Å². The van der Waals surface area contributed by atoms with Gasteiger partial charge in [0, 0.05) is 6.42 Å². The number of hydrogen-bond acceptors (Lipinski definition) is 2. The Morgan fingerprint density at radius 1 is 0.889 bits per heavy atom. The Hall–Kier alpha value is -0.970. The first-order chi connectivity index (χ1) is 8.81. The van der Waals surface area contributed by atoms with E-state index in [1.54, 1.807) is 0 Å². The van der Waals surface area contributed by atoms with Gasteiger partial charge in [0.2, 0.25) is 0 Å². The minimum atomic E-state index is -0.207. The van der Waals surface area contributed by atoms with E-state index in [2.05, 4.69) is 18.8 Å². The Labute approximate surface area is 112 Å². The number of ether oxygens (including phenoxy) is 1. The molecule has 0 rings (SSSR count). The molecule has 0 saturated carbocycles. The van der Waals surface area contributed by atoms with Crippen LogP contribution >= 0.6 is 0 Å². The van der Waals surface area contributed by atoms with Gasteiger partial charge in [-0.1, -0.05) is 57.8 Å². The molecule has 0 aliphatic carbocycles. The highest BCUT2D eigenvalue weighted by Crippen LogP contribution is 2.09. The van der Waals surface area contributed by atoms with E-state index in [9.17, 15) is 4.79 Å². The topological polar surface area (TPSA) is 26.3 Å². The quantitative estimate of drug-likeness (QED) is 0.326. The van der Waals surface area contributed by atoms with Crippen molar-refractivity contribution in [3.05, 3.63) is 0 Å². The molecule has 18 heavy (non-hydrogen) atoms. The molecule has 0 heterocycles. The first-order valence-electron chi connectivity index (χ1n) is 7.42. The van der Waals surface area contributed by atoms with Crippen molar-refractivity contribution >= 4 is 5.97 Å². The molecule has 0 N–H and O–H groups in total. The highest BCUT2D eigenvalue weighted by Gasteiger charge is 1.95. The lowest BCUT2D eigenvalue weighted by Crippen LogP contribution is -2.01. The first kappa shape index (κ1) is 17.0. The number of unbranched alkanes of at least 4 members (excludes halogenated alkanes) is 8. The third kappa shape index (κ3) is 13.1. The van der Waals surface area contributed by atoms with Gasteiger partial charge < -0.3 is 4.74 Å². The molecule has 0 bridgehead atoms. The summed E-state index contributed by atoms with van der Waals surface area (Å²) in [6.45, 7) is 4.50. The van der Waals surface area contributed by atoms with Gasteiger partial charge in [-0.25, -0.2) is 0 Å². The summed E-state index contributed by atoms with van der Waals surface area (Å²) in [6, 6.07) is 0. The van der Waals surface area contributed by atoms with Crippen LogP contribution in [0.25, 0.3) is 0 Å². The molecule has 0 aliphatic heterocycles. The van der Waals surface area contributed by atoms with Crippen LogP contribution in [0.1, 0.15) is 78.1 Å². The van der Waals surface area contributed by atoms with Crippen LogP contribution in [-0.4, -0.2) is 12.6 Å². The van der Waals surface area contributed by atoms with Crippen molar-refractivity contribution in [2.24, 2.45) is 0 Å². The van der Waals surface area contributed by atoms with Crippen molar-refractivity contribution in [3.8, 4) is 11.8 Å². The highest BCUT2D eigenvalue weighted by atomic mass is 16.5. The summed E-state index contributed by atoms with van der Waals surface area (Å²) in [6.07, 6.45) is 11.7. The molecular formula is C16H28O2. The van der Waals surface area contributed by atoms with E-state index in [1.165, 1.54) is 44.9 Å². The Bertz CT molecular complexity index is 248. The Balaban J connectivity index is 3.20. The van der Waals surface area contributed by atoms with Crippen LogP contribution in [0.2, 0.25) is 0 Å². The summed E-state index contributed by atoms with van der Waals surface area (Å²) in [5, 5.41) is 0. The lowest BCUT2D eigenvalue weighted by Gasteiger charge is -1.99. The Morgan fingerprint density at radius 3 is 2.11 bits per heavy atom. The van der Waals surface area contributed by atoms with Crippen LogP contribution in [0.5, 0.6) is 0 Å². The average Bonchev–Trinajstić information content (AvgIpc) is 2.36. The molecule has 0 aromatic heterocycles. The zero-order valence-corrected chi connectivity index (χ0v) is 12.1. The maximum atomic E-state index is 11.0. The molecule has 0 atom stereocenters. The third-order valence-corrected chi connectivity index (χ3v) is 2.82. The van der Waals surface area contributed by atoms with E-state index >= 15 is 0 Å². The lowest BCUT2D eigenvalue weighted by atomic mass is 10.1. The predicted molar refractivity (Wildman–Crippen MR) is 76.3 cm³/mol. The summed E-state index contributed by atoms with van der Waals surface area (Å²) >= 11 is 0. The van der Waals surface area contributed by atoms with Crippen LogP contribution in [0.4, 0.5) is 0 Å². The summed E-state index contributed by atoms with van der Waals surface area (Å²) < 4.78 is 4.79. The van der Waals surface area contributed by atoms with Crippen molar-refractivity contribution in [2.75, 3.05) is 6.61 Å². The Morgan fingerprint density at radius 2 is 1.50 bits per heavy atom. The van der Waals surface area contributed by atoms with Gasteiger partial charge in [-0.05, 0) is 13.3 Å². The van der Waals surface area contributed by atoms with Gasteiger partial charge in [0.05, 0.1) is 6.61 Å². The molecular weight excluding hydrogens is 224 g/mol.